The first-order valence-corrected chi connectivity index (χ1v) is 9.12. The van der Waals surface area contributed by atoms with Gasteiger partial charge in [0.2, 0.25) is 0 Å². The maximum atomic E-state index is 12.2. The van der Waals surface area contributed by atoms with E-state index in [1.54, 1.807) is 13.0 Å². The molecule has 1 aliphatic carbocycles. The number of nitrogens with one attached hydrogen (secondary N) is 1. The summed E-state index contributed by atoms with van der Waals surface area (Å²) in [6.45, 7) is 3.79. The zero-order valence-corrected chi connectivity index (χ0v) is 15.5. The van der Waals surface area contributed by atoms with Crippen LogP contribution in [0.5, 0.6) is 5.75 Å². The molecule has 27 heavy (non-hydrogen) atoms. The first kappa shape index (κ1) is 18.9. The first-order chi connectivity index (χ1) is 12.9. The molecule has 0 radical (unpaired) electrons. The van der Waals surface area contributed by atoms with Crippen molar-refractivity contribution >= 4 is 22.8 Å². The molecule has 0 spiro atoms. The van der Waals surface area contributed by atoms with Crippen LogP contribution in [-0.4, -0.2) is 29.6 Å². The zero-order chi connectivity index (χ0) is 19.6. The maximum absolute atomic E-state index is 12.2. The molecule has 1 amide bonds. The highest BCUT2D eigenvalue weighted by Gasteiger charge is 2.24. The second kappa shape index (κ2) is 7.82. The van der Waals surface area contributed by atoms with E-state index in [1.807, 2.05) is 13.0 Å². The van der Waals surface area contributed by atoms with Crippen LogP contribution in [0.3, 0.4) is 0 Å². The molecule has 3 rings (SSSR count). The Balaban J connectivity index is 1.82. The van der Waals surface area contributed by atoms with Gasteiger partial charge in [0.05, 0.1) is 5.39 Å². The number of ether oxygens (including phenoxy) is 1. The molecule has 1 aromatic carbocycles. The first-order valence-electron chi connectivity index (χ1n) is 9.12. The predicted octanol–water partition coefficient (Wildman–Crippen LogP) is 2.34. The molecule has 1 unspecified atom stereocenters. The summed E-state index contributed by atoms with van der Waals surface area (Å²) in [5, 5.41) is 12.1. The molecular formula is C20H23NO6. The van der Waals surface area contributed by atoms with E-state index in [9.17, 15) is 14.4 Å². The largest absolute Gasteiger partial charge is 0.481 e. The number of carboxylic acid groups (broad SMARTS) is 1. The highest BCUT2D eigenvalue weighted by molar-refractivity contribution is 5.89. The lowest BCUT2D eigenvalue weighted by Gasteiger charge is -2.17. The molecule has 1 aliphatic rings. The zero-order valence-electron chi connectivity index (χ0n) is 15.5. The number of hydrogen-bond acceptors (Lipinski definition) is 5. The van der Waals surface area contributed by atoms with E-state index >= 15 is 0 Å². The van der Waals surface area contributed by atoms with Crippen molar-refractivity contribution in [2.45, 2.75) is 52.1 Å². The van der Waals surface area contributed by atoms with Crippen molar-refractivity contribution in [2.75, 3.05) is 6.54 Å². The molecule has 2 N–H and O–H groups in total. The summed E-state index contributed by atoms with van der Waals surface area (Å²) in [5.74, 6) is -0.681. The average Bonchev–Trinajstić information content (AvgIpc) is 3.08. The van der Waals surface area contributed by atoms with Gasteiger partial charge in [0.25, 0.3) is 5.91 Å². The van der Waals surface area contributed by atoms with Crippen LogP contribution in [0.1, 0.15) is 42.9 Å². The van der Waals surface area contributed by atoms with E-state index in [4.69, 9.17) is 14.3 Å². The molecular weight excluding hydrogens is 350 g/mol. The lowest BCUT2D eigenvalue weighted by Crippen LogP contribution is -2.37. The van der Waals surface area contributed by atoms with Gasteiger partial charge >= 0.3 is 11.6 Å². The van der Waals surface area contributed by atoms with Crippen molar-refractivity contribution in [2.24, 2.45) is 0 Å². The van der Waals surface area contributed by atoms with E-state index in [0.29, 0.717) is 29.7 Å². The molecule has 0 fully saturated rings. The van der Waals surface area contributed by atoms with Crippen LogP contribution in [0.25, 0.3) is 11.0 Å². The van der Waals surface area contributed by atoms with Crippen molar-refractivity contribution in [1.82, 2.24) is 5.32 Å². The summed E-state index contributed by atoms with van der Waals surface area (Å²) in [5.41, 5.74) is 2.69. The minimum Gasteiger partial charge on any atom is -0.481 e. The number of carbonyl (C=O) groups excluding carboxylic acids is 1. The van der Waals surface area contributed by atoms with E-state index in [-0.39, 0.29) is 24.5 Å². The Morgan fingerprint density at radius 3 is 2.78 bits per heavy atom. The van der Waals surface area contributed by atoms with Gasteiger partial charge in [-0.1, -0.05) is 0 Å². The van der Waals surface area contributed by atoms with Crippen LogP contribution >= 0.6 is 0 Å². The monoisotopic (exact) mass is 373 g/mol. The third kappa shape index (κ3) is 4.13. The summed E-state index contributed by atoms with van der Waals surface area (Å²) >= 11 is 0. The SMILES string of the molecule is Cc1cc(OC(C)C(=O)NCCCC(=O)O)c2c3c(c(=O)oc2c1)CCC3. The smallest absolute Gasteiger partial charge is 0.339 e. The van der Waals surface area contributed by atoms with Gasteiger partial charge < -0.3 is 19.6 Å². The van der Waals surface area contributed by atoms with Crippen LogP contribution in [0.4, 0.5) is 0 Å². The number of amides is 1. The fraction of sp³-hybridized carbons (Fsp3) is 0.450. The fourth-order valence-corrected chi connectivity index (χ4v) is 3.44. The molecule has 1 atom stereocenters. The Kier molecular flexibility index (Phi) is 5.48. The van der Waals surface area contributed by atoms with Crippen molar-refractivity contribution < 1.29 is 23.8 Å². The van der Waals surface area contributed by atoms with E-state index in [0.717, 1.165) is 29.4 Å². The maximum Gasteiger partial charge on any atom is 0.339 e. The summed E-state index contributed by atoms with van der Waals surface area (Å²) in [7, 11) is 0. The molecule has 2 aromatic rings. The van der Waals surface area contributed by atoms with Crippen LogP contribution in [0.15, 0.2) is 21.3 Å². The number of hydrogen-bond donors (Lipinski definition) is 2. The van der Waals surface area contributed by atoms with E-state index in [1.165, 1.54) is 0 Å². The van der Waals surface area contributed by atoms with Crippen molar-refractivity contribution in [3.8, 4) is 5.75 Å². The number of carbonyl (C=O) groups is 2. The third-order valence-electron chi connectivity index (χ3n) is 4.72. The fourth-order valence-electron chi connectivity index (χ4n) is 3.44. The van der Waals surface area contributed by atoms with E-state index in [2.05, 4.69) is 5.32 Å². The Hall–Kier alpha value is -2.83. The molecule has 0 aliphatic heterocycles. The molecule has 7 heteroatoms. The predicted molar refractivity (Wildman–Crippen MR) is 99.2 cm³/mol. The van der Waals surface area contributed by atoms with Crippen LogP contribution in [-0.2, 0) is 22.4 Å². The van der Waals surface area contributed by atoms with Gasteiger partial charge in [-0.05, 0) is 62.8 Å². The molecule has 1 aromatic heterocycles. The van der Waals surface area contributed by atoms with Gasteiger partial charge in [0.15, 0.2) is 6.10 Å². The summed E-state index contributed by atoms with van der Waals surface area (Å²) in [4.78, 5) is 34.9. The Labute approximate surface area is 156 Å². The summed E-state index contributed by atoms with van der Waals surface area (Å²) in [6.07, 6.45) is 1.98. The summed E-state index contributed by atoms with van der Waals surface area (Å²) in [6, 6.07) is 3.65. The summed E-state index contributed by atoms with van der Waals surface area (Å²) < 4.78 is 11.4. The van der Waals surface area contributed by atoms with Gasteiger partial charge in [-0.3, -0.25) is 9.59 Å². The van der Waals surface area contributed by atoms with E-state index < -0.39 is 12.1 Å². The Morgan fingerprint density at radius 2 is 2.04 bits per heavy atom. The van der Waals surface area contributed by atoms with Gasteiger partial charge in [-0.2, -0.15) is 0 Å². The van der Waals surface area contributed by atoms with Crippen LogP contribution in [0.2, 0.25) is 0 Å². The number of aliphatic carboxylic acids is 1. The molecule has 0 bridgehead atoms. The number of rotatable bonds is 7. The van der Waals surface area contributed by atoms with Gasteiger partial charge in [-0.15, -0.1) is 0 Å². The standard InChI is InChI=1S/C20H23NO6/c1-11-9-15(26-12(2)19(24)21-8-4-7-17(22)23)18-13-5-3-6-14(13)20(25)27-16(18)10-11/h9-10,12H,3-8H2,1-2H3,(H,21,24)(H,22,23). The number of fused-ring (bicyclic) bond motifs is 3. The normalized spacial score (nSPS) is 14.0. The lowest BCUT2D eigenvalue weighted by atomic mass is 10.0. The van der Waals surface area contributed by atoms with Gasteiger partial charge in [0.1, 0.15) is 11.3 Å². The Bertz CT molecular complexity index is 946. The minimum absolute atomic E-state index is 0.00318. The second-order valence-electron chi connectivity index (χ2n) is 6.88. The third-order valence-corrected chi connectivity index (χ3v) is 4.72. The van der Waals surface area contributed by atoms with Crippen molar-refractivity contribution in [1.29, 1.82) is 0 Å². The number of aryl methyl sites for hydroxylation is 2. The van der Waals surface area contributed by atoms with Crippen LogP contribution in [0, 0.1) is 6.92 Å². The molecule has 0 saturated carbocycles. The quantitative estimate of drug-likeness (QED) is 0.570. The molecule has 1 heterocycles. The molecule has 144 valence electrons. The second-order valence-corrected chi connectivity index (χ2v) is 6.88. The van der Waals surface area contributed by atoms with Crippen molar-refractivity contribution in [3.63, 3.8) is 0 Å². The van der Waals surface area contributed by atoms with Crippen LogP contribution < -0.4 is 15.7 Å². The van der Waals surface area contributed by atoms with Gasteiger partial charge in [0, 0.05) is 18.5 Å². The molecule has 7 nitrogen and oxygen atoms in total. The average molecular weight is 373 g/mol. The highest BCUT2D eigenvalue weighted by atomic mass is 16.5. The lowest BCUT2D eigenvalue weighted by molar-refractivity contribution is -0.137. The number of carboxylic acids is 1. The minimum atomic E-state index is -0.893. The molecule has 0 saturated heterocycles. The van der Waals surface area contributed by atoms with Crippen molar-refractivity contribution in [3.05, 3.63) is 39.2 Å². The Morgan fingerprint density at radius 1 is 1.30 bits per heavy atom. The van der Waals surface area contributed by atoms with Gasteiger partial charge in [-0.25, -0.2) is 4.79 Å². The topological polar surface area (TPSA) is 106 Å². The highest BCUT2D eigenvalue weighted by Crippen LogP contribution is 2.35. The number of benzene rings is 1.